The number of carbonyl (C=O) groups is 2. The van der Waals surface area contributed by atoms with E-state index in [1.165, 1.54) is 18.7 Å². The number of carbonyl (C=O) groups excluding carboxylic acids is 2. The van der Waals surface area contributed by atoms with Gasteiger partial charge in [0.05, 0.1) is 6.61 Å². The number of nitrogens with two attached hydrogens (primary N) is 1. The van der Waals surface area contributed by atoms with Gasteiger partial charge in [-0.15, -0.1) is 0 Å². The molecule has 2 aliphatic rings. The Morgan fingerprint density at radius 1 is 0.952 bits per heavy atom. The first-order chi connectivity index (χ1) is 20.4. The van der Waals surface area contributed by atoms with Crippen LogP contribution in [0.1, 0.15) is 30.9 Å². The topological polar surface area (TPSA) is 107 Å². The molecule has 2 heterocycles. The Kier molecular flexibility index (Phi) is 11.8. The van der Waals surface area contributed by atoms with Gasteiger partial charge in [-0.2, -0.15) is 0 Å². The summed E-state index contributed by atoms with van der Waals surface area (Å²) >= 11 is 0. The number of piperidine rings is 1. The lowest BCUT2D eigenvalue weighted by Crippen LogP contribution is -2.54. The zero-order valence-electron chi connectivity index (χ0n) is 24.6. The monoisotopic (exact) mass is 586 g/mol. The summed E-state index contributed by atoms with van der Waals surface area (Å²) in [5, 5.41) is 0. The molecule has 2 N–H and O–H groups in total. The lowest BCUT2D eigenvalue weighted by atomic mass is 9.90. The summed E-state index contributed by atoms with van der Waals surface area (Å²) in [5.74, 6) is -0.229. The van der Waals surface area contributed by atoms with Gasteiger partial charge in [0.25, 0.3) is 5.91 Å². The summed E-state index contributed by atoms with van der Waals surface area (Å²) in [4.78, 5) is 31.5. The van der Waals surface area contributed by atoms with Crippen molar-refractivity contribution in [1.82, 2.24) is 14.7 Å². The molecule has 2 saturated heterocycles. The number of amides is 2. The van der Waals surface area contributed by atoms with Crippen molar-refractivity contribution >= 4 is 12.0 Å². The van der Waals surface area contributed by atoms with Crippen molar-refractivity contribution in [2.75, 3.05) is 66.3 Å². The molecule has 0 bridgehead atoms. The van der Waals surface area contributed by atoms with Crippen molar-refractivity contribution in [3.8, 4) is 11.5 Å². The predicted octanol–water partition coefficient (Wildman–Crippen LogP) is 3.27. The van der Waals surface area contributed by atoms with Gasteiger partial charge in [-0.25, -0.2) is 9.18 Å². The molecule has 0 aromatic heterocycles. The van der Waals surface area contributed by atoms with Gasteiger partial charge in [-0.1, -0.05) is 30.3 Å². The number of likely N-dealkylation sites (tertiary alicyclic amines) is 1. The molecule has 0 saturated carbocycles. The molecule has 2 aromatic rings. The highest BCUT2D eigenvalue weighted by Gasteiger charge is 2.37. The summed E-state index contributed by atoms with van der Waals surface area (Å²) in [5.41, 5.74) is 7.10. The zero-order valence-corrected chi connectivity index (χ0v) is 24.6. The number of methoxy groups -OCH3 is 1. The van der Waals surface area contributed by atoms with Gasteiger partial charge >= 0.3 is 6.09 Å². The molecular formula is C31H43FN4O6. The molecule has 0 radical (unpaired) electrons. The van der Waals surface area contributed by atoms with Gasteiger partial charge in [0.15, 0.2) is 24.5 Å². The number of halogens is 1. The minimum absolute atomic E-state index is 0.0631. The average Bonchev–Trinajstić information content (AvgIpc) is 3.01. The highest BCUT2D eigenvalue weighted by Crippen LogP contribution is 2.31. The molecule has 4 rings (SSSR count). The van der Waals surface area contributed by atoms with Gasteiger partial charge in [0.1, 0.15) is 5.75 Å². The Balaban J connectivity index is 1.32. The summed E-state index contributed by atoms with van der Waals surface area (Å²) in [6.45, 7) is 7.01. The van der Waals surface area contributed by atoms with E-state index in [4.69, 9.17) is 24.7 Å². The quantitative estimate of drug-likeness (QED) is 0.357. The zero-order chi connectivity index (χ0) is 29.9. The third-order valence-corrected chi connectivity index (χ3v) is 7.97. The molecule has 2 aliphatic heterocycles. The molecule has 0 aliphatic carbocycles. The Labute approximate surface area is 247 Å². The highest BCUT2D eigenvalue weighted by molar-refractivity contribution is 5.83. The van der Waals surface area contributed by atoms with Crippen LogP contribution in [0.25, 0.3) is 0 Å². The summed E-state index contributed by atoms with van der Waals surface area (Å²) in [6, 6.07) is 13.6. The molecular weight excluding hydrogens is 543 g/mol. The second kappa shape index (κ2) is 15.7. The Morgan fingerprint density at radius 3 is 2.29 bits per heavy atom. The molecule has 42 heavy (non-hydrogen) atoms. The third kappa shape index (κ3) is 8.56. The molecule has 1 unspecified atom stereocenters. The first kappa shape index (κ1) is 31.5. The lowest BCUT2D eigenvalue weighted by Gasteiger charge is -2.39. The van der Waals surface area contributed by atoms with Crippen molar-refractivity contribution < 1.29 is 32.9 Å². The SMILES string of the molecule is CCOc1ccc(OCOC)c(F)c1CN1CCN(C(=O)C(OC(N)=O)C2CCN(CCc3ccccc3)CC2)CC1. The minimum atomic E-state index is -0.937. The van der Waals surface area contributed by atoms with Crippen LogP contribution in [-0.2, 0) is 27.2 Å². The van der Waals surface area contributed by atoms with E-state index in [0.717, 1.165) is 38.9 Å². The number of hydrogen-bond donors (Lipinski definition) is 1. The molecule has 2 aromatic carbocycles. The fourth-order valence-electron chi connectivity index (χ4n) is 5.67. The molecule has 11 heteroatoms. The van der Waals surface area contributed by atoms with Crippen molar-refractivity contribution in [2.24, 2.45) is 11.7 Å². The molecule has 0 spiro atoms. The van der Waals surface area contributed by atoms with Crippen LogP contribution >= 0.6 is 0 Å². The minimum Gasteiger partial charge on any atom is -0.493 e. The first-order valence-electron chi connectivity index (χ1n) is 14.7. The molecule has 10 nitrogen and oxygen atoms in total. The van der Waals surface area contributed by atoms with E-state index in [1.54, 1.807) is 11.0 Å². The number of benzene rings is 2. The summed E-state index contributed by atoms with van der Waals surface area (Å²) in [6.07, 6.45) is 0.629. The number of ether oxygens (including phenoxy) is 4. The van der Waals surface area contributed by atoms with Crippen LogP contribution in [0.15, 0.2) is 42.5 Å². The van der Waals surface area contributed by atoms with E-state index in [0.29, 0.717) is 50.6 Å². The van der Waals surface area contributed by atoms with Gasteiger partial charge in [-0.05, 0) is 57.0 Å². The maximum absolute atomic E-state index is 15.3. The Bertz CT molecular complexity index is 1150. The molecule has 2 amide bonds. The van der Waals surface area contributed by atoms with E-state index < -0.39 is 18.0 Å². The van der Waals surface area contributed by atoms with Gasteiger partial charge in [0, 0.05) is 57.9 Å². The van der Waals surface area contributed by atoms with E-state index in [1.807, 2.05) is 25.1 Å². The van der Waals surface area contributed by atoms with Crippen LogP contribution in [0.4, 0.5) is 9.18 Å². The number of piperazine rings is 1. The predicted molar refractivity (Wildman–Crippen MR) is 156 cm³/mol. The van der Waals surface area contributed by atoms with E-state index >= 15 is 4.39 Å². The van der Waals surface area contributed by atoms with Gasteiger partial charge in [0.2, 0.25) is 0 Å². The maximum atomic E-state index is 15.3. The normalized spacial score (nSPS) is 17.5. The fourth-order valence-corrected chi connectivity index (χ4v) is 5.67. The standard InChI is InChI=1S/C31H43FN4O6/c1-3-40-26-9-10-27(41-22-39-2)28(32)25(26)21-35-17-19-36(20-18-35)30(37)29(42-31(33)38)24-12-15-34(16-13-24)14-11-23-7-5-4-6-8-23/h4-10,24,29H,3,11-22H2,1-2H3,(H2,33,38). The number of hydrogen-bond acceptors (Lipinski definition) is 8. The number of nitrogens with zero attached hydrogens (tertiary/aromatic N) is 3. The van der Waals surface area contributed by atoms with E-state index in [9.17, 15) is 9.59 Å². The van der Waals surface area contributed by atoms with Crippen LogP contribution in [-0.4, -0.2) is 99.1 Å². The molecule has 230 valence electrons. The second-order valence-electron chi connectivity index (χ2n) is 10.7. The molecule has 1 atom stereocenters. The van der Waals surface area contributed by atoms with Crippen LogP contribution in [0.3, 0.4) is 0 Å². The van der Waals surface area contributed by atoms with Crippen LogP contribution in [0, 0.1) is 11.7 Å². The van der Waals surface area contributed by atoms with Crippen molar-refractivity contribution in [3.05, 3.63) is 59.4 Å². The first-order valence-corrected chi connectivity index (χ1v) is 14.7. The smallest absolute Gasteiger partial charge is 0.405 e. The summed E-state index contributed by atoms with van der Waals surface area (Å²) in [7, 11) is 1.48. The Hall–Kier alpha value is -3.41. The largest absolute Gasteiger partial charge is 0.493 e. The Morgan fingerprint density at radius 2 is 1.64 bits per heavy atom. The van der Waals surface area contributed by atoms with E-state index in [2.05, 4.69) is 21.9 Å². The highest BCUT2D eigenvalue weighted by atomic mass is 19.1. The lowest BCUT2D eigenvalue weighted by molar-refractivity contribution is -0.146. The van der Waals surface area contributed by atoms with Crippen LogP contribution in [0.5, 0.6) is 11.5 Å². The fraction of sp³-hybridized carbons (Fsp3) is 0.548. The van der Waals surface area contributed by atoms with E-state index in [-0.39, 0.29) is 24.4 Å². The molecule has 2 fully saturated rings. The number of primary amides is 1. The number of rotatable bonds is 13. The third-order valence-electron chi connectivity index (χ3n) is 7.97. The van der Waals surface area contributed by atoms with Gasteiger partial charge in [-0.3, -0.25) is 9.69 Å². The second-order valence-corrected chi connectivity index (χ2v) is 10.7. The summed E-state index contributed by atoms with van der Waals surface area (Å²) < 4.78 is 36.7. The maximum Gasteiger partial charge on any atom is 0.405 e. The average molecular weight is 587 g/mol. The van der Waals surface area contributed by atoms with Crippen molar-refractivity contribution in [1.29, 1.82) is 0 Å². The van der Waals surface area contributed by atoms with Crippen molar-refractivity contribution in [3.63, 3.8) is 0 Å². The van der Waals surface area contributed by atoms with Crippen LogP contribution in [0.2, 0.25) is 0 Å². The van der Waals surface area contributed by atoms with Crippen LogP contribution < -0.4 is 15.2 Å². The van der Waals surface area contributed by atoms with Crippen molar-refractivity contribution in [2.45, 2.75) is 38.8 Å². The van der Waals surface area contributed by atoms with Gasteiger partial charge < -0.3 is 34.5 Å².